The highest BCUT2D eigenvalue weighted by Gasteiger charge is 2.29. The van der Waals surface area contributed by atoms with Crippen molar-refractivity contribution in [3.8, 4) is 0 Å². The van der Waals surface area contributed by atoms with E-state index in [1.54, 1.807) is 11.3 Å². The summed E-state index contributed by atoms with van der Waals surface area (Å²) in [7, 11) is 0. The first kappa shape index (κ1) is 14.3. The molecule has 5 nitrogen and oxygen atoms in total. The third-order valence-electron chi connectivity index (χ3n) is 3.27. The molecule has 0 aromatic carbocycles. The van der Waals surface area contributed by atoms with Crippen LogP contribution in [0, 0.1) is 6.92 Å². The summed E-state index contributed by atoms with van der Waals surface area (Å²) in [6.07, 6.45) is 4.18. The van der Waals surface area contributed by atoms with Crippen molar-refractivity contribution in [2.75, 3.05) is 12.3 Å². The van der Waals surface area contributed by atoms with Crippen molar-refractivity contribution in [1.29, 1.82) is 0 Å². The second kappa shape index (κ2) is 5.90. The molecule has 1 unspecified atom stereocenters. The van der Waals surface area contributed by atoms with Crippen molar-refractivity contribution < 1.29 is 4.52 Å². The molecule has 1 aliphatic rings. The Bertz CT molecular complexity index is 541. The molecule has 3 heterocycles. The molecule has 0 saturated carbocycles. The van der Waals surface area contributed by atoms with Gasteiger partial charge >= 0.3 is 0 Å². The third-order valence-corrected chi connectivity index (χ3v) is 4.08. The SMILES string of the molecule is Cc1cc(C2CCCN2Cc2cnc(N)s2)on1.Cl. The van der Waals surface area contributed by atoms with Gasteiger partial charge in [0.05, 0.1) is 11.7 Å². The van der Waals surface area contributed by atoms with Gasteiger partial charge in [-0.2, -0.15) is 0 Å². The lowest BCUT2D eigenvalue weighted by Gasteiger charge is -2.21. The Hall–Kier alpha value is -1.11. The van der Waals surface area contributed by atoms with Crippen LogP contribution < -0.4 is 5.73 Å². The van der Waals surface area contributed by atoms with E-state index in [1.807, 2.05) is 19.2 Å². The molecule has 2 N–H and O–H groups in total. The van der Waals surface area contributed by atoms with E-state index < -0.39 is 0 Å². The zero-order valence-corrected chi connectivity index (χ0v) is 12.3. The number of rotatable bonds is 3. The standard InChI is InChI=1S/C12H16N4OS.ClH/c1-8-5-11(17-15-8)10-3-2-4-16(10)7-9-6-14-12(13)18-9;/h5-6,10H,2-4,7H2,1H3,(H2,13,14);1H. The maximum Gasteiger partial charge on any atom is 0.180 e. The summed E-state index contributed by atoms with van der Waals surface area (Å²) >= 11 is 1.56. The van der Waals surface area contributed by atoms with Crippen molar-refractivity contribution >= 4 is 28.9 Å². The van der Waals surface area contributed by atoms with Crippen molar-refractivity contribution in [3.05, 3.63) is 28.6 Å². The molecule has 1 aliphatic heterocycles. The van der Waals surface area contributed by atoms with Crippen molar-refractivity contribution in [2.45, 2.75) is 32.4 Å². The lowest BCUT2D eigenvalue weighted by Crippen LogP contribution is -2.21. The number of nitrogens with zero attached hydrogens (tertiary/aromatic N) is 3. The molecule has 0 bridgehead atoms. The lowest BCUT2D eigenvalue weighted by molar-refractivity contribution is 0.208. The van der Waals surface area contributed by atoms with E-state index in [1.165, 1.54) is 11.3 Å². The summed E-state index contributed by atoms with van der Waals surface area (Å²) in [4.78, 5) is 7.71. The maximum absolute atomic E-state index is 5.66. The second-order valence-electron chi connectivity index (χ2n) is 4.66. The van der Waals surface area contributed by atoms with E-state index in [-0.39, 0.29) is 12.4 Å². The topological polar surface area (TPSA) is 68.2 Å². The fraction of sp³-hybridized carbons (Fsp3) is 0.500. The maximum atomic E-state index is 5.66. The van der Waals surface area contributed by atoms with E-state index in [4.69, 9.17) is 10.3 Å². The molecule has 3 rings (SSSR count). The second-order valence-corrected chi connectivity index (χ2v) is 5.81. The van der Waals surface area contributed by atoms with Gasteiger partial charge in [-0.05, 0) is 26.3 Å². The van der Waals surface area contributed by atoms with Crippen LogP contribution in [-0.2, 0) is 6.54 Å². The van der Waals surface area contributed by atoms with E-state index in [0.717, 1.165) is 31.0 Å². The molecule has 0 spiro atoms. The first-order valence-electron chi connectivity index (χ1n) is 6.10. The average molecular weight is 301 g/mol. The van der Waals surface area contributed by atoms with Crippen molar-refractivity contribution in [2.24, 2.45) is 0 Å². The highest BCUT2D eigenvalue weighted by atomic mass is 35.5. The molecule has 0 radical (unpaired) electrons. The lowest BCUT2D eigenvalue weighted by atomic mass is 10.1. The minimum absolute atomic E-state index is 0. The van der Waals surface area contributed by atoms with Crippen LogP contribution in [-0.4, -0.2) is 21.6 Å². The van der Waals surface area contributed by atoms with Gasteiger partial charge in [-0.1, -0.05) is 5.16 Å². The van der Waals surface area contributed by atoms with Gasteiger partial charge in [0.15, 0.2) is 10.9 Å². The quantitative estimate of drug-likeness (QED) is 0.944. The number of likely N-dealkylation sites (tertiary alicyclic amines) is 1. The van der Waals surface area contributed by atoms with Gasteiger partial charge in [-0.15, -0.1) is 23.7 Å². The minimum atomic E-state index is 0. The molecular weight excluding hydrogens is 284 g/mol. The van der Waals surface area contributed by atoms with Gasteiger partial charge < -0.3 is 10.3 Å². The monoisotopic (exact) mass is 300 g/mol. The predicted octanol–water partition coefficient (Wildman–Crippen LogP) is 2.78. The number of nitrogen functional groups attached to an aromatic ring is 1. The highest BCUT2D eigenvalue weighted by molar-refractivity contribution is 7.15. The van der Waals surface area contributed by atoms with Crippen LogP contribution in [0.25, 0.3) is 0 Å². The number of hydrogen-bond acceptors (Lipinski definition) is 6. The summed E-state index contributed by atoms with van der Waals surface area (Å²) in [5, 5.41) is 4.61. The van der Waals surface area contributed by atoms with Gasteiger partial charge in [0, 0.05) is 23.7 Å². The van der Waals surface area contributed by atoms with Crippen LogP contribution in [0.4, 0.5) is 5.13 Å². The Labute approximate surface area is 122 Å². The summed E-state index contributed by atoms with van der Waals surface area (Å²) in [6, 6.07) is 2.37. The van der Waals surface area contributed by atoms with Gasteiger partial charge in [0.1, 0.15) is 0 Å². The fourth-order valence-electron chi connectivity index (χ4n) is 2.47. The number of hydrogen-bond donors (Lipinski definition) is 1. The summed E-state index contributed by atoms with van der Waals surface area (Å²) in [5.74, 6) is 0.975. The number of thiazole rings is 1. The van der Waals surface area contributed by atoms with Crippen LogP contribution in [0.5, 0.6) is 0 Å². The van der Waals surface area contributed by atoms with Gasteiger partial charge in [-0.25, -0.2) is 4.98 Å². The van der Waals surface area contributed by atoms with E-state index >= 15 is 0 Å². The molecular formula is C12H17ClN4OS. The normalized spacial score (nSPS) is 19.5. The van der Waals surface area contributed by atoms with Gasteiger partial charge in [0.25, 0.3) is 0 Å². The van der Waals surface area contributed by atoms with Crippen LogP contribution in [0.1, 0.15) is 35.2 Å². The Balaban J connectivity index is 0.00000133. The Morgan fingerprint density at radius 1 is 1.58 bits per heavy atom. The highest BCUT2D eigenvalue weighted by Crippen LogP contribution is 2.34. The van der Waals surface area contributed by atoms with Crippen LogP contribution in [0.15, 0.2) is 16.8 Å². The Morgan fingerprint density at radius 2 is 2.42 bits per heavy atom. The van der Waals surface area contributed by atoms with Crippen LogP contribution in [0.2, 0.25) is 0 Å². The Morgan fingerprint density at radius 3 is 3.05 bits per heavy atom. The molecule has 2 aromatic heterocycles. The Kier molecular flexibility index (Phi) is 4.44. The molecule has 2 aromatic rings. The van der Waals surface area contributed by atoms with Crippen molar-refractivity contribution in [3.63, 3.8) is 0 Å². The number of aryl methyl sites for hydroxylation is 1. The zero-order valence-electron chi connectivity index (χ0n) is 10.7. The van der Waals surface area contributed by atoms with Gasteiger partial charge in [-0.3, -0.25) is 4.90 Å². The first-order valence-corrected chi connectivity index (χ1v) is 6.91. The molecule has 1 atom stereocenters. The summed E-state index contributed by atoms with van der Waals surface area (Å²) in [5.41, 5.74) is 6.61. The average Bonchev–Trinajstić information content (AvgIpc) is 3.01. The molecule has 0 aliphatic carbocycles. The molecule has 1 saturated heterocycles. The van der Waals surface area contributed by atoms with E-state index in [2.05, 4.69) is 15.0 Å². The van der Waals surface area contributed by atoms with Crippen LogP contribution in [0.3, 0.4) is 0 Å². The van der Waals surface area contributed by atoms with Gasteiger partial charge in [0.2, 0.25) is 0 Å². The summed E-state index contributed by atoms with van der Waals surface area (Å²) < 4.78 is 5.39. The number of anilines is 1. The molecule has 7 heteroatoms. The predicted molar refractivity (Wildman–Crippen MR) is 77.4 cm³/mol. The largest absolute Gasteiger partial charge is 0.375 e. The summed E-state index contributed by atoms with van der Waals surface area (Å²) in [6.45, 7) is 3.93. The molecule has 0 amide bonds. The smallest absolute Gasteiger partial charge is 0.180 e. The molecule has 104 valence electrons. The van der Waals surface area contributed by atoms with E-state index in [0.29, 0.717) is 11.2 Å². The van der Waals surface area contributed by atoms with E-state index in [9.17, 15) is 0 Å². The molecule has 19 heavy (non-hydrogen) atoms. The number of aromatic nitrogens is 2. The first-order chi connectivity index (χ1) is 8.72. The van der Waals surface area contributed by atoms with Crippen LogP contribution >= 0.6 is 23.7 Å². The third kappa shape index (κ3) is 3.08. The number of nitrogens with two attached hydrogens (primary N) is 1. The molecule has 1 fully saturated rings. The number of halogens is 1. The fourth-order valence-corrected chi connectivity index (χ4v) is 3.18. The zero-order chi connectivity index (χ0) is 12.5. The van der Waals surface area contributed by atoms with Crippen molar-refractivity contribution in [1.82, 2.24) is 15.0 Å². The minimum Gasteiger partial charge on any atom is -0.375 e.